The molecule has 0 saturated heterocycles. The van der Waals surface area contributed by atoms with Crippen LogP contribution in [-0.2, 0) is 4.79 Å². The van der Waals surface area contributed by atoms with E-state index in [4.69, 9.17) is 9.47 Å². The zero-order valence-corrected chi connectivity index (χ0v) is 17.3. The number of anilines is 2. The van der Waals surface area contributed by atoms with Crippen LogP contribution in [0.2, 0.25) is 0 Å². The number of allylic oxidation sites excluding steroid dienone is 2. The summed E-state index contributed by atoms with van der Waals surface area (Å²) >= 11 is 3.43. The van der Waals surface area contributed by atoms with Crippen LogP contribution in [0.1, 0.15) is 29.6 Å². The standard InChI is InChI=1S/C22H21BrN2O4/c23-16-12-15(13-19-21(16)29-10-9-28-19)22(27)25-18-8-4-3-7-17(18)24-20(26)11-14-5-1-2-6-14/h1,3-5,7-8,12-14H,2,6,9-11H2,(H,24,26)(H,25,27). The topological polar surface area (TPSA) is 76.7 Å². The Morgan fingerprint density at radius 3 is 2.59 bits per heavy atom. The lowest BCUT2D eigenvalue weighted by Crippen LogP contribution is -2.19. The number of carbonyl (C=O) groups excluding carboxylic acids is 2. The zero-order valence-electron chi connectivity index (χ0n) is 15.7. The molecule has 29 heavy (non-hydrogen) atoms. The van der Waals surface area contributed by atoms with Gasteiger partial charge in [0.05, 0.1) is 15.8 Å². The summed E-state index contributed by atoms with van der Waals surface area (Å²) in [6.07, 6.45) is 6.67. The Labute approximate surface area is 177 Å². The fourth-order valence-electron chi connectivity index (χ4n) is 3.44. The Kier molecular flexibility index (Phi) is 5.85. The number of carbonyl (C=O) groups is 2. The van der Waals surface area contributed by atoms with Crippen molar-refractivity contribution in [3.8, 4) is 11.5 Å². The van der Waals surface area contributed by atoms with Crippen LogP contribution in [0.5, 0.6) is 11.5 Å². The van der Waals surface area contributed by atoms with Gasteiger partial charge in [0.25, 0.3) is 5.91 Å². The molecule has 2 aromatic rings. The Balaban J connectivity index is 1.48. The van der Waals surface area contributed by atoms with Crippen molar-refractivity contribution in [1.82, 2.24) is 0 Å². The first-order chi connectivity index (χ1) is 14.1. The van der Waals surface area contributed by atoms with E-state index in [9.17, 15) is 9.59 Å². The normalized spacial score (nSPS) is 17.1. The van der Waals surface area contributed by atoms with Crippen LogP contribution in [0.4, 0.5) is 11.4 Å². The molecule has 1 atom stereocenters. The molecule has 4 rings (SSSR count). The highest BCUT2D eigenvalue weighted by molar-refractivity contribution is 9.10. The van der Waals surface area contributed by atoms with Crippen molar-refractivity contribution in [2.75, 3.05) is 23.8 Å². The van der Waals surface area contributed by atoms with Crippen LogP contribution < -0.4 is 20.1 Å². The summed E-state index contributed by atoms with van der Waals surface area (Å²) in [5.41, 5.74) is 1.54. The number of hydrogen-bond donors (Lipinski definition) is 2. The van der Waals surface area contributed by atoms with Gasteiger partial charge in [-0.25, -0.2) is 0 Å². The number of rotatable bonds is 5. The average Bonchev–Trinajstić information content (AvgIpc) is 3.22. The SMILES string of the molecule is O=C(CC1C=CCC1)Nc1ccccc1NC(=O)c1cc(Br)c2c(c1)OCCO2. The van der Waals surface area contributed by atoms with Crippen LogP contribution in [0.3, 0.4) is 0 Å². The largest absolute Gasteiger partial charge is 0.486 e. The fraction of sp³-hybridized carbons (Fsp3) is 0.273. The van der Waals surface area contributed by atoms with Gasteiger partial charge in [-0.2, -0.15) is 0 Å². The van der Waals surface area contributed by atoms with Crippen molar-refractivity contribution in [3.05, 3.63) is 58.6 Å². The van der Waals surface area contributed by atoms with Gasteiger partial charge in [0, 0.05) is 12.0 Å². The summed E-state index contributed by atoms with van der Waals surface area (Å²) in [6.45, 7) is 0.913. The molecule has 0 aromatic heterocycles. The van der Waals surface area contributed by atoms with Crippen LogP contribution in [0.25, 0.3) is 0 Å². The molecular weight excluding hydrogens is 436 g/mol. The molecule has 2 N–H and O–H groups in total. The monoisotopic (exact) mass is 456 g/mol. The van der Waals surface area contributed by atoms with Crippen LogP contribution in [0, 0.1) is 5.92 Å². The first kappa shape index (κ1) is 19.5. The lowest BCUT2D eigenvalue weighted by atomic mass is 10.0. The number of benzene rings is 2. The number of para-hydroxylation sites is 2. The van der Waals surface area contributed by atoms with Crippen molar-refractivity contribution in [2.24, 2.45) is 5.92 Å². The third-order valence-electron chi connectivity index (χ3n) is 4.87. The van der Waals surface area contributed by atoms with E-state index in [0.29, 0.717) is 52.5 Å². The highest BCUT2D eigenvalue weighted by Gasteiger charge is 2.20. The minimum atomic E-state index is -0.303. The predicted molar refractivity (Wildman–Crippen MR) is 115 cm³/mol. The van der Waals surface area contributed by atoms with E-state index >= 15 is 0 Å². The van der Waals surface area contributed by atoms with Gasteiger partial charge in [-0.1, -0.05) is 24.3 Å². The first-order valence-corrected chi connectivity index (χ1v) is 10.4. The zero-order chi connectivity index (χ0) is 20.2. The lowest BCUT2D eigenvalue weighted by molar-refractivity contribution is -0.116. The summed E-state index contributed by atoms with van der Waals surface area (Å²) in [4.78, 5) is 25.2. The van der Waals surface area contributed by atoms with Crippen LogP contribution in [0.15, 0.2) is 53.0 Å². The Bertz CT molecular complexity index is 973. The van der Waals surface area contributed by atoms with E-state index < -0.39 is 0 Å². The van der Waals surface area contributed by atoms with E-state index in [-0.39, 0.29) is 17.7 Å². The highest BCUT2D eigenvalue weighted by Crippen LogP contribution is 2.38. The summed E-state index contributed by atoms with van der Waals surface area (Å²) in [7, 11) is 0. The minimum absolute atomic E-state index is 0.0645. The predicted octanol–water partition coefficient (Wildman–Crippen LogP) is 4.77. The number of nitrogens with one attached hydrogen (secondary N) is 2. The molecular formula is C22H21BrN2O4. The fourth-order valence-corrected chi connectivity index (χ4v) is 4.00. The quantitative estimate of drug-likeness (QED) is 0.635. The summed E-state index contributed by atoms with van der Waals surface area (Å²) in [5.74, 6) is 1.05. The Hall–Kier alpha value is -2.80. The minimum Gasteiger partial charge on any atom is -0.486 e. The van der Waals surface area contributed by atoms with Crippen molar-refractivity contribution in [3.63, 3.8) is 0 Å². The third kappa shape index (κ3) is 4.62. The summed E-state index contributed by atoms with van der Waals surface area (Å²) in [6, 6.07) is 10.5. The van der Waals surface area contributed by atoms with E-state index in [2.05, 4.69) is 38.7 Å². The number of halogens is 1. The van der Waals surface area contributed by atoms with Crippen molar-refractivity contribution in [1.29, 1.82) is 0 Å². The maximum absolute atomic E-state index is 12.8. The molecule has 2 aromatic carbocycles. The molecule has 6 nitrogen and oxygen atoms in total. The molecule has 0 saturated carbocycles. The maximum atomic E-state index is 12.8. The molecule has 150 valence electrons. The van der Waals surface area contributed by atoms with Gasteiger partial charge in [0.2, 0.25) is 5.91 Å². The number of fused-ring (bicyclic) bond motifs is 1. The number of ether oxygens (including phenoxy) is 2. The van der Waals surface area contributed by atoms with Gasteiger partial charge in [-0.3, -0.25) is 9.59 Å². The van der Waals surface area contributed by atoms with E-state index in [1.165, 1.54) is 0 Å². The molecule has 1 aliphatic carbocycles. The van der Waals surface area contributed by atoms with Gasteiger partial charge in [-0.05, 0) is 59.0 Å². The second-order valence-electron chi connectivity index (χ2n) is 7.00. The molecule has 0 fully saturated rings. The molecule has 1 unspecified atom stereocenters. The number of hydrogen-bond acceptors (Lipinski definition) is 4. The van der Waals surface area contributed by atoms with Crippen LogP contribution >= 0.6 is 15.9 Å². The van der Waals surface area contributed by atoms with Gasteiger partial charge in [0.15, 0.2) is 11.5 Å². The third-order valence-corrected chi connectivity index (χ3v) is 5.46. The van der Waals surface area contributed by atoms with Crippen molar-refractivity contribution >= 4 is 39.1 Å². The van der Waals surface area contributed by atoms with Crippen molar-refractivity contribution < 1.29 is 19.1 Å². The smallest absolute Gasteiger partial charge is 0.255 e. The van der Waals surface area contributed by atoms with Gasteiger partial charge >= 0.3 is 0 Å². The van der Waals surface area contributed by atoms with Gasteiger partial charge in [-0.15, -0.1) is 0 Å². The second kappa shape index (κ2) is 8.69. The summed E-state index contributed by atoms with van der Waals surface area (Å²) < 4.78 is 11.8. The molecule has 7 heteroatoms. The van der Waals surface area contributed by atoms with E-state index in [1.807, 2.05) is 12.1 Å². The number of amides is 2. The molecule has 1 heterocycles. The van der Waals surface area contributed by atoms with E-state index in [1.54, 1.807) is 24.3 Å². The van der Waals surface area contributed by atoms with Crippen molar-refractivity contribution in [2.45, 2.75) is 19.3 Å². The molecule has 0 bridgehead atoms. The van der Waals surface area contributed by atoms with Gasteiger partial charge < -0.3 is 20.1 Å². The molecule has 1 aliphatic heterocycles. The molecule has 2 amide bonds. The Morgan fingerprint density at radius 2 is 1.83 bits per heavy atom. The van der Waals surface area contributed by atoms with E-state index in [0.717, 1.165) is 12.8 Å². The van der Waals surface area contributed by atoms with Gasteiger partial charge in [0.1, 0.15) is 13.2 Å². The Morgan fingerprint density at radius 1 is 1.07 bits per heavy atom. The molecule has 0 radical (unpaired) electrons. The highest BCUT2D eigenvalue weighted by atomic mass is 79.9. The van der Waals surface area contributed by atoms with Crippen LogP contribution in [-0.4, -0.2) is 25.0 Å². The molecule has 0 spiro atoms. The first-order valence-electron chi connectivity index (χ1n) is 9.56. The average molecular weight is 457 g/mol. The second-order valence-corrected chi connectivity index (χ2v) is 7.85. The lowest BCUT2D eigenvalue weighted by Gasteiger charge is -2.20. The summed E-state index contributed by atoms with van der Waals surface area (Å²) in [5, 5.41) is 5.79. The maximum Gasteiger partial charge on any atom is 0.255 e. The molecule has 2 aliphatic rings.